The first-order valence-electron chi connectivity index (χ1n) is 7.02. The third-order valence-corrected chi connectivity index (χ3v) is 4.09. The van der Waals surface area contributed by atoms with Crippen molar-refractivity contribution in [3.63, 3.8) is 0 Å². The number of rotatable bonds is 2. The number of nitrogens with zero attached hydrogens (tertiary/aromatic N) is 2. The van der Waals surface area contributed by atoms with Gasteiger partial charge in [0.15, 0.2) is 0 Å². The first-order valence-corrected chi connectivity index (χ1v) is 7.02. The molecule has 0 N–H and O–H groups in total. The number of fused-ring (bicyclic) bond motifs is 1. The minimum absolute atomic E-state index is 0.0566. The van der Waals surface area contributed by atoms with Crippen LogP contribution in [0.3, 0.4) is 0 Å². The van der Waals surface area contributed by atoms with E-state index < -0.39 is 0 Å². The fourth-order valence-corrected chi connectivity index (χ4v) is 3.29. The van der Waals surface area contributed by atoms with E-state index in [-0.39, 0.29) is 11.8 Å². The Morgan fingerprint density at radius 1 is 1.30 bits per heavy atom. The molecule has 0 spiro atoms. The highest BCUT2D eigenvalue weighted by molar-refractivity contribution is 5.65. The average Bonchev–Trinajstić information content (AvgIpc) is 2.46. The van der Waals surface area contributed by atoms with Crippen LogP contribution in [0.4, 0.5) is 0 Å². The van der Waals surface area contributed by atoms with Crippen LogP contribution in [0, 0.1) is 13.8 Å². The number of aryl methyl sites for hydroxylation is 2. The molecule has 0 saturated carbocycles. The highest BCUT2D eigenvalue weighted by atomic mass is 16.1. The van der Waals surface area contributed by atoms with E-state index >= 15 is 0 Å². The highest BCUT2D eigenvalue weighted by Crippen LogP contribution is 2.39. The molecular formula is C17H18N2O. The smallest absolute Gasteiger partial charge is 0.127 e. The van der Waals surface area contributed by atoms with Crippen molar-refractivity contribution in [2.24, 2.45) is 0 Å². The summed E-state index contributed by atoms with van der Waals surface area (Å²) in [5, 5.41) is 0. The van der Waals surface area contributed by atoms with Crippen LogP contribution >= 0.6 is 0 Å². The van der Waals surface area contributed by atoms with Gasteiger partial charge in [-0.1, -0.05) is 6.07 Å². The van der Waals surface area contributed by atoms with Gasteiger partial charge >= 0.3 is 0 Å². The van der Waals surface area contributed by atoms with Gasteiger partial charge in [0, 0.05) is 35.1 Å². The average molecular weight is 266 g/mol. The molecule has 2 unspecified atom stereocenters. The number of hydrogen-bond donors (Lipinski definition) is 0. The summed E-state index contributed by atoms with van der Waals surface area (Å²) in [5.41, 5.74) is 5.47. The molecule has 0 radical (unpaired) electrons. The highest BCUT2D eigenvalue weighted by Gasteiger charge is 2.30. The van der Waals surface area contributed by atoms with E-state index in [0.29, 0.717) is 0 Å². The van der Waals surface area contributed by atoms with Gasteiger partial charge in [-0.2, -0.15) is 0 Å². The SMILES string of the molecule is Cc1cc(C)c2c(n1)CC(c1ccccn1)CC2C=O. The molecule has 2 aromatic rings. The van der Waals surface area contributed by atoms with Crippen molar-refractivity contribution in [1.82, 2.24) is 9.97 Å². The van der Waals surface area contributed by atoms with Crippen LogP contribution in [0.25, 0.3) is 0 Å². The Morgan fingerprint density at radius 3 is 2.85 bits per heavy atom. The van der Waals surface area contributed by atoms with Crippen molar-refractivity contribution < 1.29 is 4.79 Å². The van der Waals surface area contributed by atoms with Crippen LogP contribution in [-0.2, 0) is 11.2 Å². The lowest BCUT2D eigenvalue weighted by molar-refractivity contribution is -0.109. The second kappa shape index (κ2) is 5.16. The molecule has 3 rings (SSSR count). The van der Waals surface area contributed by atoms with Crippen LogP contribution in [0.1, 0.15) is 46.5 Å². The van der Waals surface area contributed by atoms with Crippen LogP contribution < -0.4 is 0 Å². The van der Waals surface area contributed by atoms with E-state index in [9.17, 15) is 4.79 Å². The van der Waals surface area contributed by atoms with Crippen molar-refractivity contribution in [1.29, 1.82) is 0 Å². The number of pyridine rings is 2. The summed E-state index contributed by atoms with van der Waals surface area (Å²) < 4.78 is 0. The fourth-order valence-electron chi connectivity index (χ4n) is 3.29. The molecule has 3 heteroatoms. The molecule has 0 amide bonds. The predicted octanol–water partition coefficient (Wildman–Crippen LogP) is 3.11. The molecule has 3 nitrogen and oxygen atoms in total. The van der Waals surface area contributed by atoms with Gasteiger partial charge in [0.1, 0.15) is 6.29 Å². The van der Waals surface area contributed by atoms with E-state index in [1.54, 1.807) is 0 Å². The summed E-state index contributed by atoms with van der Waals surface area (Å²) in [6.07, 6.45) is 4.59. The molecule has 20 heavy (non-hydrogen) atoms. The second-order valence-corrected chi connectivity index (χ2v) is 5.57. The summed E-state index contributed by atoms with van der Waals surface area (Å²) in [4.78, 5) is 20.6. The molecule has 0 aromatic carbocycles. The summed E-state index contributed by atoms with van der Waals surface area (Å²) in [6.45, 7) is 4.08. The molecule has 2 heterocycles. The molecule has 0 bridgehead atoms. The van der Waals surface area contributed by atoms with E-state index in [1.165, 1.54) is 5.56 Å². The first kappa shape index (κ1) is 13.0. The van der Waals surface area contributed by atoms with Gasteiger partial charge in [0.2, 0.25) is 0 Å². The number of hydrogen-bond acceptors (Lipinski definition) is 3. The molecular weight excluding hydrogens is 248 g/mol. The Morgan fingerprint density at radius 2 is 2.15 bits per heavy atom. The van der Waals surface area contributed by atoms with E-state index in [2.05, 4.69) is 23.0 Å². The molecule has 2 atom stereocenters. The first-order chi connectivity index (χ1) is 9.69. The summed E-state index contributed by atoms with van der Waals surface area (Å²) in [6, 6.07) is 8.03. The zero-order valence-electron chi connectivity index (χ0n) is 11.8. The van der Waals surface area contributed by atoms with Gasteiger partial charge in [-0.3, -0.25) is 9.97 Å². The van der Waals surface area contributed by atoms with Gasteiger partial charge < -0.3 is 4.79 Å². The standard InChI is InChI=1S/C17H18N2O/c1-11-7-12(2)19-16-9-13(8-14(10-20)17(11)16)15-5-3-4-6-18-15/h3-7,10,13-14H,8-9H2,1-2H3. The topological polar surface area (TPSA) is 42.9 Å². The third kappa shape index (κ3) is 2.24. The largest absolute Gasteiger partial charge is 0.303 e. The minimum atomic E-state index is -0.0566. The van der Waals surface area contributed by atoms with Crippen LogP contribution in [-0.4, -0.2) is 16.3 Å². The van der Waals surface area contributed by atoms with Gasteiger partial charge in [-0.05, 0) is 56.0 Å². The third-order valence-electron chi connectivity index (χ3n) is 4.09. The number of carbonyl (C=O) groups is 1. The lowest BCUT2D eigenvalue weighted by atomic mass is 9.76. The van der Waals surface area contributed by atoms with Crippen molar-refractivity contribution in [2.75, 3.05) is 0 Å². The molecule has 102 valence electrons. The Labute approximate surface area is 119 Å². The maximum absolute atomic E-state index is 11.5. The number of carbonyl (C=O) groups excluding carboxylic acids is 1. The van der Waals surface area contributed by atoms with Gasteiger partial charge in [0.05, 0.1) is 0 Å². The lowest BCUT2D eigenvalue weighted by Gasteiger charge is -2.29. The van der Waals surface area contributed by atoms with Crippen molar-refractivity contribution in [3.8, 4) is 0 Å². The fraction of sp³-hybridized carbons (Fsp3) is 0.353. The molecule has 0 aliphatic heterocycles. The van der Waals surface area contributed by atoms with E-state index in [0.717, 1.165) is 41.8 Å². The molecule has 0 fully saturated rings. The summed E-state index contributed by atoms with van der Waals surface area (Å²) in [7, 11) is 0. The maximum Gasteiger partial charge on any atom is 0.127 e. The van der Waals surface area contributed by atoms with Crippen LogP contribution in [0.2, 0.25) is 0 Å². The summed E-state index contributed by atoms with van der Waals surface area (Å²) in [5.74, 6) is 0.228. The van der Waals surface area contributed by atoms with Gasteiger partial charge in [-0.15, -0.1) is 0 Å². The normalized spacial score (nSPS) is 21.3. The lowest BCUT2D eigenvalue weighted by Crippen LogP contribution is -2.21. The molecule has 0 saturated heterocycles. The zero-order valence-corrected chi connectivity index (χ0v) is 11.8. The number of aldehydes is 1. The predicted molar refractivity (Wildman–Crippen MR) is 77.8 cm³/mol. The van der Waals surface area contributed by atoms with Crippen molar-refractivity contribution >= 4 is 6.29 Å². The zero-order chi connectivity index (χ0) is 14.1. The minimum Gasteiger partial charge on any atom is -0.303 e. The molecule has 2 aromatic heterocycles. The monoisotopic (exact) mass is 266 g/mol. The molecule has 1 aliphatic rings. The maximum atomic E-state index is 11.5. The Kier molecular flexibility index (Phi) is 3.35. The van der Waals surface area contributed by atoms with Gasteiger partial charge in [-0.25, -0.2) is 0 Å². The van der Waals surface area contributed by atoms with Gasteiger partial charge in [0.25, 0.3) is 0 Å². The van der Waals surface area contributed by atoms with Crippen LogP contribution in [0.15, 0.2) is 30.5 Å². The van der Waals surface area contributed by atoms with E-state index in [4.69, 9.17) is 0 Å². The molecule has 1 aliphatic carbocycles. The summed E-state index contributed by atoms with van der Waals surface area (Å²) >= 11 is 0. The quantitative estimate of drug-likeness (QED) is 0.784. The van der Waals surface area contributed by atoms with Crippen molar-refractivity contribution in [3.05, 3.63) is 58.7 Å². The Hall–Kier alpha value is -2.03. The Bertz CT molecular complexity index is 637. The van der Waals surface area contributed by atoms with E-state index in [1.807, 2.05) is 31.3 Å². The Balaban J connectivity index is 2.04. The second-order valence-electron chi connectivity index (χ2n) is 5.57. The number of aromatic nitrogens is 2. The van der Waals surface area contributed by atoms with Crippen molar-refractivity contribution in [2.45, 2.75) is 38.5 Å². The van der Waals surface area contributed by atoms with Crippen LogP contribution in [0.5, 0.6) is 0 Å².